The maximum atomic E-state index is 12.3. The molecule has 1 aliphatic carbocycles. The van der Waals surface area contributed by atoms with E-state index in [9.17, 15) is 8.42 Å². The van der Waals surface area contributed by atoms with E-state index in [-0.39, 0.29) is 4.90 Å². The highest BCUT2D eigenvalue weighted by molar-refractivity contribution is 7.89. The van der Waals surface area contributed by atoms with E-state index in [2.05, 4.69) is 4.72 Å². The van der Waals surface area contributed by atoms with Crippen LogP contribution < -0.4 is 10.5 Å². The fourth-order valence-corrected chi connectivity index (χ4v) is 3.92. The Morgan fingerprint density at radius 3 is 2.55 bits per heavy atom. The number of nitrogens with two attached hydrogens (primary N) is 1. The number of rotatable bonds is 5. The second-order valence-electron chi connectivity index (χ2n) is 5.57. The van der Waals surface area contributed by atoms with Gasteiger partial charge in [-0.05, 0) is 42.9 Å². The Labute approximate surface area is 121 Å². The molecule has 0 bridgehead atoms. The molecule has 112 valence electrons. The van der Waals surface area contributed by atoms with Crippen molar-refractivity contribution in [1.82, 2.24) is 4.72 Å². The van der Waals surface area contributed by atoms with E-state index >= 15 is 0 Å². The summed E-state index contributed by atoms with van der Waals surface area (Å²) in [6.07, 6.45) is 6.76. The van der Waals surface area contributed by atoms with Gasteiger partial charge in [-0.15, -0.1) is 0 Å². The lowest BCUT2D eigenvalue weighted by atomic mass is 9.90. The maximum Gasteiger partial charge on any atom is 0.240 e. The number of hydrogen-bond acceptors (Lipinski definition) is 3. The van der Waals surface area contributed by atoms with Crippen molar-refractivity contribution in [3.63, 3.8) is 0 Å². The molecule has 5 heteroatoms. The monoisotopic (exact) mass is 296 g/mol. The molecule has 0 aromatic heterocycles. The molecule has 1 aromatic carbocycles. The highest BCUT2D eigenvalue weighted by Gasteiger charge is 2.19. The Morgan fingerprint density at radius 1 is 1.25 bits per heavy atom. The van der Waals surface area contributed by atoms with Crippen LogP contribution in [0.4, 0.5) is 5.69 Å². The fraction of sp³-hybridized carbons (Fsp3) is 0.600. The quantitative estimate of drug-likeness (QED) is 0.821. The van der Waals surface area contributed by atoms with E-state index in [0.29, 0.717) is 18.2 Å². The Kier molecular flexibility index (Phi) is 5.05. The van der Waals surface area contributed by atoms with Gasteiger partial charge in [0.05, 0.1) is 4.90 Å². The van der Waals surface area contributed by atoms with E-state index < -0.39 is 10.0 Å². The maximum absolute atomic E-state index is 12.3. The fourth-order valence-electron chi connectivity index (χ4n) is 2.76. The SMILES string of the molecule is CCc1ccc(S(=O)(=O)NCC2CCCCC2)cc1N. The third-order valence-electron chi connectivity index (χ3n) is 4.10. The summed E-state index contributed by atoms with van der Waals surface area (Å²) in [6.45, 7) is 2.54. The van der Waals surface area contributed by atoms with E-state index in [4.69, 9.17) is 5.73 Å². The topological polar surface area (TPSA) is 72.2 Å². The molecule has 1 saturated carbocycles. The lowest BCUT2D eigenvalue weighted by molar-refractivity contribution is 0.357. The molecule has 0 amide bonds. The molecule has 0 heterocycles. The van der Waals surface area contributed by atoms with Crippen LogP contribution in [0.5, 0.6) is 0 Å². The van der Waals surface area contributed by atoms with Gasteiger partial charge in [-0.3, -0.25) is 0 Å². The molecule has 0 atom stereocenters. The predicted octanol–water partition coefficient (Wildman–Crippen LogP) is 2.69. The van der Waals surface area contributed by atoms with E-state index in [1.807, 2.05) is 6.92 Å². The highest BCUT2D eigenvalue weighted by atomic mass is 32.2. The molecule has 2 rings (SSSR count). The van der Waals surface area contributed by atoms with E-state index in [1.165, 1.54) is 19.3 Å². The lowest BCUT2D eigenvalue weighted by Crippen LogP contribution is -2.30. The van der Waals surface area contributed by atoms with Crippen molar-refractivity contribution in [2.75, 3.05) is 12.3 Å². The van der Waals surface area contributed by atoms with Crippen LogP contribution in [0.15, 0.2) is 23.1 Å². The average Bonchev–Trinajstić information content (AvgIpc) is 2.46. The first-order chi connectivity index (χ1) is 9.53. The van der Waals surface area contributed by atoms with Gasteiger partial charge < -0.3 is 5.73 Å². The molecule has 1 aromatic rings. The zero-order valence-corrected chi connectivity index (χ0v) is 12.9. The summed E-state index contributed by atoms with van der Waals surface area (Å²) in [5.41, 5.74) is 7.41. The number of nitrogen functional groups attached to an aromatic ring is 1. The van der Waals surface area contributed by atoms with Crippen molar-refractivity contribution < 1.29 is 8.42 Å². The molecule has 1 aliphatic rings. The molecule has 0 saturated heterocycles. The number of anilines is 1. The number of hydrogen-bond donors (Lipinski definition) is 2. The summed E-state index contributed by atoms with van der Waals surface area (Å²) in [4.78, 5) is 0.267. The average molecular weight is 296 g/mol. The molecule has 20 heavy (non-hydrogen) atoms. The standard InChI is InChI=1S/C15H24N2O2S/c1-2-13-8-9-14(10-15(13)16)20(18,19)17-11-12-6-4-3-5-7-12/h8-10,12,17H,2-7,11,16H2,1H3. The van der Waals surface area contributed by atoms with Gasteiger partial charge in [-0.2, -0.15) is 0 Å². The lowest BCUT2D eigenvalue weighted by Gasteiger charge is -2.21. The first kappa shape index (κ1) is 15.3. The summed E-state index contributed by atoms with van der Waals surface area (Å²) >= 11 is 0. The van der Waals surface area contributed by atoms with Crippen LogP contribution in [-0.4, -0.2) is 15.0 Å². The molecule has 4 nitrogen and oxygen atoms in total. The molecule has 0 aliphatic heterocycles. The number of nitrogens with one attached hydrogen (secondary N) is 1. The van der Waals surface area contributed by atoms with Crippen molar-refractivity contribution in [3.8, 4) is 0 Å². The van der Waals surface area contributed by atoms with Gasteiger partial charge >= 0.3 is 0 Å². The summed E-state index contributed by atoms with van der Waals surface area (Å²) in [5, 5.41) is 0. The van der Waals surface area contributed by atoms with Crippen LogP contribution in [0.3, 0.4) is 0 Å². The van der Waals surface area contributed by atoms with Crippen LogP contribution in [0.2, 0.25) is 0 Å². The zero-order chi connectivity index (χ0) is 14.6. The normalized spacial score (nSPS) is 17.2. The van der Waals surface area contributed by atoms with Gasteiger partial charge in [-0.1, -0.05) is 32.3 Å². The summed E-state index contributed by atoms with van der Waals surface area (Å²) in [7, 11) is -3.44. The molecule has 0 spiro atoms. The highest BCUT2D eigenvalue weighted by Crippen LogP contribution is 2.24. The summed E-state index contributed by atoms with van der Waals surface area (Å²) in [5.74, 6) is 0.478. The van der Waals surface area contributed by atoms with Gasteiger partial charge in [-0.25, -0.2) is 13.1 Å². The van der Waals surface area contributed by atoms with Crippen LogP contribution in [0, 0.1) is 5.92 Å². The second kappa shape index (κ2) is 6.59. The summed E-state index contributed by atoms with van der Waals surface area (Å²) < 4.78 is 27.2. The van der Waals surface area contributed by atoms with Crippen LogP contribution in [-0.2, 0) is 16.4 Å². The minimum atomic E-state index is -3.44. The Bertz CT molecular complexity index is 549. The second-order valence-corrected chi connectivity index (χ2v) is 7.34. The van der Waals surface area contributed by atoms with Crippen LogP contribution >= 0.6 is 0 Å². The minimum Gasteiger partial charge on any atom is -0.398 e. The van der Waals surface area contributed by atoms with Gasteiger partial charge in [0.25, 0.3) is 0 Å². The van der Waals surface area contributed by atoms with Gasteiger partial charge in [0, 0.05) is 12.2 Å². The van der Waals surface area contributed by atoms with E-state index in [1.54, 1.807) is 18.2 Å². The Hall–Kier alpha value is -1.07. The van der Waals surface area contributed by atoms with Crippen LogP contribution in [0.1, 0.15) is 44.6 Å². The largest absolute Gasteiger partial charge is 0.398 e. The van der Waals surface area contributed by atoms with Gasteiger partial charge in [0.2, 0.25) is 10.0 Å². The minimum absolute atomic E-state index is 0.267. The third-order valence-corrected chi connectivity index (χ3v) is 5.52. The first-order valence-electron chi connectivity index (χ1n) is 7.41. The molecule has 1 fully saturated rings. The van der Waals surface area contributed by atoms with Crippen molar-refractivity contribution >= 4 is 15.7 Å². The van der Waals surface area contributed by atoms with Crippen molar-refractivity contribution in [2.24, 2.45) is 5.92 Å². The van der Waals surface area contributed by atoms with Crippen LogP contribution in [0.25, 0.3) is 0 Å². The third kappa shape index (κ3) is 3.73. The predicted molar refractivity (Wildman–Crippen MR) is 82.0 cm³/mol. The number of aryl methyl sites for hydroxylation is 1. The summed E-state index contributed by atoms with van der Waals surface area (Å²) in [6, 6.07) is 4.99. The molecular weight excluding hydrogens is 272 g/mol. The number of benzene rings is 1. The smallest absolute Gasteiger partial charge is 0.240 e. The van der Waals surface area contributed by atoms with Gasteiger partial charge in [0.15, 0.2) is 0 Å². The zero-order valence-electron chi connectivity index (χ0n) is 12.1. The Morgan fingerprint density at radius 2 is 1.95 bits per heavy atom. The number of sulfonamides is 1. The van der Waals surface area contributed by atoms with Crippen molar-refractivity contribution in [3.05, 3.63) is 23.8 Å². The molecular formula is C15H24N2O2S. The molecule has 3 N–H and O–H groups in total. The van der Waals surface area contributed by atoms with Crippen molar-refractivity contribution in [2.45, 2.75) is 50.3 Å². The molecule has 0 radical (unpaired) electrons. The van der Waals surface area contributed by atoms with Crippen molar-refractivity contribution in [1.29, 1.82) is 0 Å². The van der Waals surface area contributed by atoms with Gasteiger partial charge in [0.1, 0.15) is 0 Å². The first-order valence-corrected chi connectivity index (χ1v) is 8.89. The molecule has 0 unspecified atom stereocenters. The Balaban J connectivity index is 2.04. The van der Waals surface area contributed by atoms with E-state index in [0.717, 1.165) is 24.8 Å².